The van der Waals surface area contributed by atoms with Crippen LogP contribution >= 0.6 is 34.8 Å². The van der Waals surface area contributed by atoms with Crippen LogP contribution < -0.4 is 4.74 Å². The van der Waals surface area contributed by atoms with E-state index in [1.165, 1.54) is 0 Å². The fraction of sp³-hybridized carbons (Fsp3) is 0.125. The molecule has 0 spiro atoms. The van der Waals surface area contributed by atoms with Crippen molar-refractivity contribution in [3.05, 3.63) is 62.6 Å². The van der Waals surface area contributed by atoms with Crippen LogP contribution in [-0.2, 0) is 15.0 Å². The highest BCUT2D eigenvalue weighted by molar-refractivity contribution is 6.40. The lowest BCUT2D eigenvalue weighted by atomic mass is 9.74. The molecule has 0 bridgehead atoms. The topological polar surface area (TPSA) is 83.8 Å². The Morgan fingerprint density at radius 2 is 1.44 bits per heavy atom. The molecule has 27 heavy (non-hydrogen) atoms. The van der Waals surface area contributed by atoms with Crippen molar-refractivity contribution in [3.8, 4) is 5.75 Å². The molecule has 0 aliphatic rings. The summed E-state index contributed by atoms with van der Waals surface area (Å²) in [5, 5.41) is 18.7. The summed E-state index contributed by atoms with van der Waals surface area (Å²) in [6, 6.07) is 5.68. The molecule has 0 radical (unpaired) electrons. The Kier molecular flexibility index (Phi) is 5.84. The molecule has 0 saturated heterocycles. The van der Waals surface area contributed by atoms with Crippen molar-refractivity contribution in [2.24, 2.45) is 0 Å². The molecule has 0 atom stereocenters. The molecule has 0 fully saturated rings. The van der Waals surface area contributed by atoms with Crippen LogP contribution in [0.25, 0.3) is 0 Å². The fourth-order valence-electron chi connectivity index (χ4n) is 2.52. The quantitative estimate of drug-likeness (QED) is 0.635. The van der Waals surface area contributed by atoms with Gasteiger partial charge in [0, 0.05) is 20.6 Å². The molecule has 5 nitrogen and oxygen atoms in total. The Balaban J connectivity index is 2.84. The number of alkyl halides is 3. The number of carboxylic acids is 2. The largest absolute Gasteiger partial charge is 0.573 e. The summed E-state index contributed by atoms with van der Waals surface area (Å²) in [7, 11) is 0. The molecular formula is C16H8Cl3F3O5. The maximum Gasteiger partial charge on any atom is 0.573 e. The van der Waals surface area contributed by atoms with Gasteiger partial charge in [0.1, 0.15) is 5.75 Å². The Labute approximate surface area is 164 Å². The van der Waals surface area contributed by atoms with Gasteiger partial charge in [0.25, 0.3) is 0 Å². The third-order valence-corrected chi connectivity index (χ3v) is 4.34. The Morgan fingerprint density at radius 1 is 0.926 bits per heavy atom. The Hall–Kier alpha value is -2.16. The van der Waals surface area contributed by atoms with Crippen molar-refractivity contribution in [2.75, 3.05) is 0 Å². The average Bonchev–Trinajstić information content (AvgIpc) is 2.48. The van der Waals surface area contributed by atoms with Crippen LogP contribution in [0.1, 0.15) is 11.1 Å². The van der Waals surface area contributed by atoms with E-state index < -0.39 is 40.6 Å². The van der Waals surface area contributed by atoms with Gasteiger partial charge in [0.2, 0.25) is 5.41 Å². The summed E-state index contributed by atoms with van der Waals surface area (Å²) in [6.07, 6.45) is -5.07. The molecule has 2 rings (SSSR count). The minimum absolute atomic E-state index is 0.00702. The number of rotatable bonds is 5. The van der Waals surface area contributed by atoms with Crippen LogP contribution in [0.15, 0.2) is 36.4 Å². The average molecular weight is 444 g/mol. The second-order valence-electron chi connectivity index (χ2n) is 5.18. The van der Waals surface area contributed by atoms with E-state index in [4.69, 9.17) is 34.8 Å². The van der Waals surface area contributed by atoms with Gasteiger partial charge in [0.05, 0.1) is 0 Å². The van der Waals surface area contributed by atoms with E-state index in [1.54, 1.807) is 0 Å². The van der Waals surface area contributed by atoms with E-state index in [2.05, 4.69) is 4.74 Å². The van der Waals surface area contributed by atoms with Crippen LogP contribution in [-0.4, -0.2) is 28.5 Å². The molecule has 0 amide bonds. The minimum Gasteiger partial charge on any atom is -0.480 e. The molecule has 11 heteroatoms. The van der Waals surface area contributed by atoms with Gasteiger partial charge in [-0.2, -0.15) is 0 Å². The first-order valence-electron chi connectivity index (χ1n) is 6.87. The predicted octanol–water partition coefficient (Wildman–Crippen LogP) is 5.00. The normalized spacial score (nSPS) is 11.9. The third kappa shape index (κ3) is 4.07. The molecule has 2 aromatic carbocycles. The van der Waals surface area contributed by atoms with Gasteiger partial charge in [-0.15, -0.1) is 13.2 Å². The van der Waals surface area contributed by atoms with Crippen LogP contribution in [0.5, 0.6) is 5.75 Å². The number of aliphatic carboxylic acids is 2. The summed E-state index contributed by atoms with van der Waals surface area (Å²) in [6.45, 7) is 0. The minimum atomic E-state index is -5.07. The fourth-order valence-corrected chi connectivity index (χ4v) is 3.62. The van der Waals surface area contributed by atoms with Crippen molar-refractivity contribution in [1.29, 1.82) is 0 Å². The number of carbonyl (C=O) groups is 2. The van der Waals surface area contributed by atoms with Gasteiger partial charge in [-0.25, -0.2) is 0 Å². The molecule has 0 heterocycles. The summed E-state index contributed by atoms with van der Waals surface area (Å²) in [5.74, 6) is -4.66. The van der Waals surface area contributed by atoms with Crippen molar-refractivity contribution in [2.45, 2.75) is 11.8 Å². The zero-order valence-corrected chi connectivity index (χ0v) is 15.1. The standard InChI is InChI=1S/C16H8Cl3F3O5/c17-8-5-10(18)12(11(19)6-8)15(13(23)24,14(25)26)7-2-1-3-9(4-7)27-16(20,21)22/h1-6H,(H,23,24)(H,25,26). The van der Waals surface area contributed by atoms with Crippen LogP contribution in [0.2, 0.25) is 15.1 Å². The first-order chi connectivity index (χ1) is 12.4. The molecule has 144 valence electrons. The molecule has 2 aromatic rings. The van der Waals surface area contributed by atoms with E-state index in [9.17, 15) is 33.0 Å². The lowest BCUT2D eigenvalue weighted by Gasteiger charge is -2.28. The summed E-state index contributed by atoms with van der Waals surface area (Å²) >= 11 is 17.8. The van der Waals surface area contributed by atoms with Gasteiger partial charge in [-0.1, -0.05) is 46.9 Å². The smallest absolute Gasteiger partial charge is 0.480 e. The SMILES string of the molecule is O=C(O)C(C(=O)O)(c1cccc(OC(F)(F)F)c1)c1c(Cl)cc(Cl)cc1Cl. The molecular weight excluding hydrogens is 436 g/mol. The number of hydrogen-bond acceptors (Lipinski definition) is 3. The summed E-state index contributed by atoms with van der Waals surface area (Å²) in [5.41, 5.74) is -4.03. The van der Waals surface area contributed by atoms with Crippen molar-refractivity contribution in [3.63, 3.8) is 0 Å². The molecule has 0 unspecified atom stereocenters. The number of ether oxygens (including phenoxy) is 1. The van der Waals surface area contributed by atoms with Crippen LogP contribution in [0, 0.1) is 0 Å². The number of carboxylic acid groups (broad SMARTS) is 2. The van der Waals surface area contributed by atoms with E-state index in [1.807, 2.05) is 0 Å². The first kappa shape index (κ1) is 21.1. The highest BCUT2D eigenvalue weighted by Gasteiger charge is 2.53. The third-order valence-electron chi connectivity index (χ3n) is 3.52. The Morgan fingerprint density at radius 3 is 1.89 bits per heavy atom. The van der Waals surface area contributed by atoms with Gasteiger partial charge in [0.15, 0.2) is 0 Å². The number of halogens is 6. The predicted molar refractivity (Wildman–Crippen MR) is 90.6 cm³/mol. The zero-order valence-electron chi connectivity index (χ0n) is 12.9. The van der Waals surface area contributed by atoms with Crippen molar-refractivity contribution >= 4 is 46.7 Å². The van der Waals surface area contributed by atoms with Crippen LogP contribution in [0.3, 0.4) is 0 Å². The van der Waals surface area contributed by atoms with E-state index in [0.29, 0.717) is 6.07 Å². The number of benzene rings is 2. The lowest BCUT2D eigenvalue weighted by molar-refractivity contribution is -0.274. The zero-order chi connectivity index (χ0) is 20.6. The Bertz CT molecular complexity index is 877. The van der Waals surface area contributed by atoms with Crippen molar-refractivity contribution < 1.29 is 37.7 Å². The molecule has 0 aliphatic heterocycles. The summed E-state index contributed by atoms with van der Waals surface area (Å²) < 4.78 is 41.2. The van der Waals surface area contributed by atoms with E-state index >= 15 is 0 Å². The number of hydrogen-bond donors (Lipinski definition) is 2. The summed E-state index contributed by atoms with van der Waals surface area (Å²) in [4.78, 5) is 24.1. The highest BCUT2D eigenvalue weighted by Crippen LogP contribution is 2.44. The van der Waals surface area contributed by atoms with Gasteiger partial charge in [-0.3, -0.25) is 9.59 Å². The van der Waals surface area contributed by atoms with Gasteiger partial charge >= 0.3 is 18.3 Å². The molecule has 0 saturated carbocycles. The second kappa shape index (κ2) is 7.46. The van der Waals surface area contributed by atoms with E-state index in [0.717, 1.165) is 30.3 Å². The highest BCUT2D eigenvalue weighted by atomic mass is 35.5. The monoisotopic (exact) mass is 442 g/mol. The maximum absolute atomic E-state index is 12.5. The molecule has 0 aromatic heterocycles. The molecule has 2 N–H and O–H groups in total. The van der Waals surface area contributed by atoms with Crippen molar-refractivity contribution in [1.82, 2.24) is 0 Å². The first-order valence-corrected chi connectivity index (χ1v) is 8.01. The van der Waals surface area contributed by atoms with Crippen LogP contribution in [0.4, 0.5) is 13.2 Å². The second-order valence-corrected chi connectivity index (χ2v) is 6.43. The van der Waals surface area contributed by atoms with Gasteiger partial charge < -0.3 is 14.9 Å². The lowest BCUT2D eigenvalue weighted by Crippen LogP contribution is -2.45. The maximum atomic E-state index is 12.5. The molecule has 0 aliphatic carbocycles. The van der Waals surface area contributed by atoms with E-state index in [-0.39, 0.29) is 15.1 Å². The van der Waals surface area contributed by atoms with Gasteiger partial charge in [-0.05, 0) is 29.8 Å².